The number of anilines is 1. The van der Waals surface area contributed by atoms with Crippen molar-refractivity contribution >= 4 is 40.9 Å². The molecule has 2 aliphatic heterocycles. The minimum Gasteiger partial charge on any atom is -0.315 e. The Morgan fingerprint density at radius 2 is 2.04 bits per heavy atom. The van der Waals surface area contributed by atoms with E-state index in [9.17, 15) is 9.59 Å². The maximum atomic E-state index is 13.8. The Bertz CT molecular complexity index is 990. The first-order valence-electron chi connectivity index (χ1n) is 9.64. The van der Waals surface area contributed by atoms with Crippen LogP contribution in [0.3, 0.4) is 0 Å². The summed E-state index contributed by atoms with van der Waals surface area (Å²) in [6, 6.07) is 13.7. The SMILES string of the molecule is Cc1ccc2c(c1)[C@@]1(SCCN1C(=O)C1CC1)C(=O)N2Cc1ccccc1Cl. The van der Waals surface area contributed by atoms with E-state index in [1.54, 1.807) is 11.8 Å². The van der Waals surface area contributed by atoms with Crippen LogP contribution in [-0.4, -0.2) is 29.0 Å². The molecule has 0 radical (unpaired) electrons. The van der Waals surface area contributed by atoms with Gasteiger partial charge >= 0.3 is 0 Å². The zero-order valence-electron chi connectivity index (χ0n) is 15.7. The molecule has 144 valence electrons. The molecule has 5 rings (SSSR count). The van der Waals surface area contributed by atoms with E-state index in [2.05, 4.69) is 6.07 Å². The lowest BCUT2D eigenvalue weighted by molar-refractivity contribution is -0.141. The number of hydrogen-bond acceptors (Lipinski definition) is 3. The number of nitrogens with zero attached hydrogens (tertiary/aromatic N) is 2. The molecule has 2 amide bonds. The average molecular weight is 413 g/mol. The Kier molecular flexibility index (Phi) is 4.21. The van der Waals surface area contributed by atoms with Crippen LogP contribution >= 0.6 is 23.4 Å². The zero-order chi connectivity index (χ0) is 19.5. The van der Waals surface area contributed by atoms with E-state index in [1.807, 2.05) is 53.1 Å². The number of carbonyl (C=O) groups excluding carboxylic acids is 2. The van der Waals surface area contributed by atoms with Crippen LogP contribution in [0.15, 0.2) is 42.5 Å². The van der Waals surface area contributed by atoms with Crippen LogP contribution in [0.1, 0.15) is 29.5 Å². The number of aryl methyl sites for hydroxylation is 1. The third kappa shape index (κ3) is 2.60. The summed E-state index contributed by atoms with van der Waals surface area (Å²) in [4.78, 5) is 29.6. The third-order valence-corrected chi connectivity index (χ3v) is 7.62. The molecule has 4 nitrogen and oxygen atoms in total. The van der Waals surface area contributed by atoms with Crippen LogP contribution in [0.2, 0.25) is 5.02 Å². The highest BCUT2D eigenvalue weighted by atomic mass is 35.5. The first-order chi connectivity index (χ1) is 13.5. The predicted molar refractivity (Wildman–Crippen MR) is 112 cm³/mol. The van der Waals surface area contributed by atoms with Crippen LogP contribution in [0.4, 0.5) is 5.69 Å². The minimum absolute atomic E-state index is 0.0236. The van der Waals surface area contributed by atoms with Crippen molar-refractivity contribution in [3.8, 4) is 0 Å². The fourth-order valence-corrected chi connectivity index (χ4v) is 5.91. The van der Waals surface area contributed by atoms with Crippen LogP contribution in [-0.2, 0) is 21.0 Å². The summed E-state index contributed by atoms with van der Waals surface area (Å²) in [6.07, 6.45) is 1.88. The van der Waals surface area contributed by atoms with Gasteiger partial charge in [-0.2, -0.15) is 0 Å². The van der Waals surface area contributed by atoms with E-state index in [0.717, 1.165) is 41.0 Å². The molecule has 28 heavy (non-hydrogen) atoms. The highest BCUT2D eigenvalue weighted by molar-refractivity contribution is 8.01. The quantitative estimate of drug-likeness (QED) is 0.753. The predicted octanol–water partition coefficient (Wildman–Crippen LogP) is 4.33. The molecule has 0 bridgehead atoms. The van der Waals surface area contributed by atoms with Crippen molar-refractivity contribution in [3.05, 3.63) is 64.2 Å². The second-order valence-electron chi connectivity index (χ2n) is 7.76. The Labute approximate surface area is 173 Å². The van der Waals surface area contributed by atoms with Gasteiger partial charge < -0.3 is 9.80 Å². The second-order valence-corrected chi connectivity index (χ2v) is 9.45. The molecular weight excluding hydrogens is 392 g/mol. The van der Waals surface area contributed by atoms with Crippen molar-refractivity contribution < 1.29 is 9.59 Å². The molecular formula is C22H21ClN2O2S. The van der Waals surface area contributed by atoms with Crippen molar-refractivity contribution in [3.63, 3.8) is 0 Å². The van der Waals surface area contributed by atoms with E-state index in [4.69, 9.17) is 11.6 Å². The number of amides is 2. The highest BCUT2D eigenvalue weighted by Gasteiger charge is 2.60. The molecule has 2 aromatic rings. The Morgan fingerprint density at radius 3 is 2.79 bits per heavy atom. The number of hydrogen-bond donors (Lipinski definition) is 0. The van der Waals surface area contributed by atoms with Gasteiger partial charge in [0, 0.05) is 28.8 Å². The lowest BCUT2D eigenvalue weighted by Crippen LogP contribution is -2.50. The fraction of sp³-hybridized carbons (Fsp3) is 0.364. The molecule has 1 aliphatic carbocycles. The monoisotopic (exact) mass is 412 g/mol. The van der Waals surface area contributed by atoms with Gasteiger partial charge in [0.2, 0.25) is 5.91 Å². The standard InChI is InChI=1S/C22H21ClN2O2S/c1-14-6-9-19-17(12-14)22(25(10-11-28-22)20(26)15-7-8-15)21(27)24(19)13-16-4-2-3-5-18(16)23/h2-6,9,12,15H,7-8,10-11,13H2,1H3/t22-/m1/s1. The summed E-state index contributed by atoms with van der Waals surface area (Å²) >= 11 is 7.97. The first-order valence-corrected chi connectivity index (χ1v) is 11.0. The first kappa shape index (κ1) is 18.1. The molecule has 1 atom stereocenters. The summed E-state index contributed by atoms with van der Waals surface area (Å²) in [6.45, 7) is 3.06. The van der Waals surface area contributed by atoms with Crippen LogP contribution in [0, 0.1) is 12.8 Å². The van der Waals surface area contributed by atoms with Gasteiger partial charge in [-0.25, -0.2) is 0 Å². The number of benzene rings is 2. The molecule has 2 aromatic carbocycles. The number of fused-ring (bicyclic) bond motifs is 2. The van der Waals surface area contributed by atoms with Crippen LogP contribution in [0.5, 0.6) is 0 Å². The molecule has 0 aromatic heterocycles. The van der Waals surface area contributed by atoms with E-state index in [0.29, 0.717) is 18.1 Å². The lowest BCUT2D eigenvalue weighted by atomic mass is 10.0. The van der Waals surface area contributed by atoms with Gasteiger partial charge in [0.05, 0.1) is 12.2 Å². The van der Waals surface area contributed by atoms with Gasteiger partial charge in [-0.15, -0.1) is 11.8 Å². The fourth-order valence-electron chi connectivity index (χ4n) is 4.25. The molecule has 1 saturated carbocycles. The molecule has 3 aliphatic rings. The molecule has 0 unspecified atom stereocenters. The van der Waals surface area contributed by atoms with E-state index in [1.165, 1.54) is 0 Å². The second kappa shape index (κ2) is 6.53. The summed E-state index contributed by atoms with van der Waals surface area (Å²) in [5.41, 5.74) is 3.83. The largest absolute Gasteiger partial charge is 0.315 e. The molecule has 2 fully saturated rings. The minimum atomic E-state index is -0.928. The Morgan fingerprint density at radius 1 is 1.25 bits per heavy atom. The zero-order valence-corrected chi connectivity index (χ0v) is 17.2. The normalized spacial score (nSPS) is 23.6. The van der Waals surface area contributed by atoms with Gasteiger partial charge in [0.15, 0.2) is 4.87 Å². The van der Waals surface area contributed by atoms with Crippen molar-refractivity contribution in [1.82, 2.24) is 4.90 Å². The van der Waals surface area contributed by atoms with Crippen LogP contribution in [0.25, 0.3) is 0 Å². The van der Waals surface area contributed by atoms with Crippen molar-refractivity contribution in [2.24, 2.45) is 5.92 Å². The Balaban J connectivity index is 1.61. The van der Waals surface area contributed by atoms with Gasteiger partial charge in [-0.05, 0) is 37.5 Å². The summed E-state index contributed by atoms with van der Waals surface area (Å²) < 4.78 is 0. The van der Waals surface area contributed by atoms with Gasteiger partial charge in [-0.3, -0.25) is 9.59 Å². The number of halogens is 1. The maximum Gasteiger partial charge on any atom is 0.268 e. The Hall–Kier alpha value is -1.98. The molecule has 0 N–H and O–H groups in total. The average Bonchev–Trinajstić information content (AvgIpc) is 3.40. The number of rotatable bonds is 3. The number of thioether (sulfide) groups is 1. The van der Waals surface area contributed by atoms with Crippen molar-refractivity contribution in [1.29, 1.82) is 0 Å². The van der Waals surface area contributed by atoms with E-state index >= 15 is 0 Å². The van der Waals surface area contributed by atoms with E-state index in [-0.39, 0.29) is 17.7 Å². The van der Waals surface area contributed by atoms with Gasteiger partial charge in [0.1, 0.15) is 0 Å². The summed E-state index contributed by atoms with van der Waals surface area (Å²) in [5.74, 6) is 0.974. The van der Waals surface area contributed by atoms with Crippen molar-refractivity contribution in [2.75, 3.05) is 17.2 Å². The van der Waals surface area contributed by atoms with Crippen LogP contribution < -0.4 is 4.90 Å². The third-order valence-electron chi connectivity index (χ3n) is 5.83. The summed E-state index contributed by atoms with van der Waals surface area (Å²) in [5, 5.41) is 0.648. The maximum absolute atomic E-state index is 13.8. The van der Waals surface area contributed by atoms with Gasteiger partial charge in [0.25, 0.3) is 5.91 Å². The lowest BCUT2D eigenvalue weighted by Gasteiger charge is -2.33. The molecule has 1 spiro atoms. The van der Waals surface area contributed by atoms with Gasteiger partial charge in [-0.1, -0.05) is 47.5 Å². The molecule has 1 saturated heterocycles. The topological polar surface area (TPSA) is 40.6 Å². The molecule has 6 heteroatoms. The van der Waals surface area contributed by atoms with Crippen molar-refractivity contribution in [2.45, 2.75) is 31.2 Å². The number of carbonyl (C=O) groups is 2. The highest BCUT2D eigenvalue weighted by Crippen LogP contribution is 2.55. The molecule has 2 heterocycles. The smallest absolute Gasteiger partial charge is 0.268 e. The summed E-state index contributed by atoms with van der Waals surface area (Å²) in [7, 11) is 0. The van der Waals surface area contributed by atoms with E-state index < -0.39 is 4.87 Å².